The number of carbonyl (C=O) groups excluding carboxylic acids is 1. The number of carbonyl (C=O) groups is 2. The van der Waals surface area contributed by atoms with Gasteiger partial charge in [-0.25, -0.2) is 0 Å². The number of aliphatic carboxylic acids is 1. The molecule has 4 saturated carbocycles. The van der Waals surface area contributed by atoms with E-state index >= 15 is 0 Å². The van der Waals surface area contributed by atoms with E-state index in [0.29, 0.717) is 39.1 Å². The zero-order chi connectivity index (χ0) is 30.0. The summed E-state index contributed by atoms with van der Waals surface area (Å²) in [6, 6.07) is 0. The Labute approximate surface area is 244 Å². The summed E-state index contributed by atoms with van der Waals surface area (Å²) in [5.41, 5.74) is -2.02. The van der Waals surface area contributed by atoms with Crippen LogP contribution in [-0.4, -0.2) is 96.2 Å². The van der Waals surface area contributed by atoms with Crippen LogP contribution in [0.4, 0.5) is 0 Å². The highest BCUT2D eigenvalue weighted by Gasteiger charge is 2.72. The van der Waals surface area contributed by atoms with Gasteiger partial charge in [0, 0.05) is 18.4 Å². The first-order valence-electron chi connectivity index (χ1n) is 15.8. The first-order chi connectivity index (χ1) is 19.4. The minimum absolute atomic E-state index is 0.0944. The quantitative estimate of drug-likeness (QED) is 0.179. The lowest BCUT2D eigenvalue weighted by Crippen LogP contribution is -2.72. The van der Waals surface area contributed by atoms with Gasteiger partial charge in [-0.05, 0) is 93.4 Å². The summed E-state index contributed by atoms with van der Waals surface area (Å²) in [5, 5.41) is 50.3. The molecule has 0 bridgehead atoms. The van der Waals surface area contributed by atoms with Crippen molar-refractivity contribution >= 4 is 11.9 Å². The molecule has 1 amide bonds. The summed E-state index contributed by atoms with van der Waals surface area (Å²) in [5.74, 6) is -1.37. The van der Waals surface area contributed by atoms with Gasteiger partial charge in [-0.1, -0.05) is 20.8 Å². The van der Waals surface area contributed by atoms with Gasteiger partial charge < -0.3 is 40.5 Å². The number of hydrogen-bond acceptors (Lipinski definition) is 8. The molecule has 0 aliphatic heterocycles. The van der Waals surface area contributed by atoms with Crippen LogP contribution < -0.4 is 10.6 Å². The highest BCUT2D eigenvalue weighted by Crippen LogP contribution is 2.69. The van der Waals surface area contributed by atoms with Gasteiger partial charge >= 0.3 is 5.97 Å². The van der Waals surface area contributed by atoms with Crippen LogP contribution in [0.5, 0.6) is 0 Å². The number of nitrogens with one attached hydrogen (secondary N) is 2. The van der Waals surface area contributed by atoms with Gasteiger partial charge in [0.1, 0.15) is 6.54 Å². The van der Waals surface area contributed by atoms with Gasteiger partial charge in [-0.3, -0.25) is 9.59 Å². The van der Waals surface area contributed by atoms with Crippen molar-refractivity contribution in [3.8, 4) is 0 Å². The fourth-order valence-electron chi connectivity index (χ4n) is 9.69. The second kappa shape index (κ2) is 13.1. The average Bonchev–Trinajstić information content (AvgIpc) is 3.30. The molecule has 6 N–H and O–H groups in total. The van der Waals surface area contributed by atoms with Crippen LogP contribution in [0.1, 0.15) is 78.6 Å². The highest BCUT2D eigenvalue weighted by atomic mass is 16.5. The number of hydrogen-bond donors (Lipinski definition) is 6. The van der Waals surface area contributed by atoms with Gasteiger partial charge in [0.2, 0.25) is 5.91 Å². The van der Waals surface area contributed by atoms with Crippen molar-refractivity contribution in [3.05, 3.63) is 0 Å². The molecule has 0 aromatic rings. The van der Waals surface area contributed by atoms with Gasteiger partial charge in [-0.15, -0.1) is 0 Å². The standard InChI is InChI=1S/C31H54N2O8/c1-19(5-8-27(36)33-18-28(37)38)22-6-7-23-30(22,3)25(34)17-24-29(2)10-9-21(41-14-13-40-12-11-32-4)15-20(29)16-26(35)31(23,24)39/h19-26,32,34-35,39H,5-18H2,1-4H3,(H,33,36)(H,37,38)/t19?,20-,21-,22?,23+,24+,25-,26+,29-,30+,31-/m0/s1. The molecule has 4 fully saturated rings. The summed E-state index contributed by atoms with van der Waals surface area (Å²) in [4.78, 5) is 22.9. The number of carboxylic acids is 1. The molecule has 0 aromatic carbocycles. The monoisotopic (exact) mass is 582 g/mol. The Balaban J connectivity index is 1.42. The molecule has 4 aliphatic carbocycles. The van der Waals surface area contributed by atoms with Crippen LogP contribution in [0, 0.1) is 40.4 Å². The first kappa shape index (κ1) is 32.6. The Kier molecular flexibility index (Phi) is 10.5. The summed E-state index contributed by atoms with van der Waals surface area (Å²) < 4.78 is 11.8. The Morgan fingerprint density at radius 1 is 1.00 bits per heavy atom. The molecule has 10 heteroatoms. The van der Waals surface area contributed by atoms with Gasteiger partial charge in [0.25, 0.3) is 0 Å². The third-order valence-electron chi connectivity index (χ3n) is 12.0. The lowest BCUT2D eigenvalue weighted by molar-refractivity contribution is -0.291. The van der Waals surface area contributed by atoms with Crippen LogP contribution in [0.2, 0.25) is 0 Å². The van der Waals surface area contributed by atoms with E-state index in [1.165, 1.54) is 0 Å². The molecule has 4 aliphatic rings. The van der Waals surface area contributed by atoms with E-state index < -0.39 is 29.2 Å². The molecule has 2 unspecified atom stereocenters. The number of rotatable bonds is 13. The molecular weight excluding hydrogens is 528 g/mol. The summed E-state index contributed by atoms with van der Waals surface area (Å²) in [7, 11) is 1.90. The van der Waals surface area contributed by atoms with Crippen molar-refractivity contribution in [2.24, 2.45) is 40.4 Å². The van der Waals surface area contributed by atoms with Crippen molar-refractivity contribution < 1.29 is 39.5 Å². The van der Waals surface area contributed by atoms with Crippen LogP contribution in [0.15, 0.2) is 0 Å². The molecule has 0 spiro atoms. The average molecular weight is 583 g/mol. The summed E-state index contributed by atoms with van der Waals surface area (Å²) in [6.07, 6.45) is 4.64. The lowest BCUT2D eigenvalue weighted by atomic mass is 9.41. The van der Waals surface area contributed by atoms with Gasteiger partial charge in [-0.2, -0.15) is 0 Å². The highest BCUT2D eigenvalue weighted by molar-refractivity contribution is 5.81. The number of carboxylic acid groups (broad SMARTS) is 1. The predicted molar refractivity (Wildman–Crippen MR) is 153 cm³/mol. The summed E-state index contributed by atoms with van der Waals surface area (Å²) >= 11 is 0. The SMILES string of the molecule is CNCCOCCO[C@H]1CC[C@@]2(C)[C@@H](C1)C[C@@H](O)[C@@]1(O)[C@@H]2C[C@H](O)[C@]2(C)C(C(C)CCC(=O)NCC(=O)O)CC[C@H]21. The van der Waals surface area contributed by atoms with Crippen molar-refractivity contribution in [2.45, 2.75) is 102 Å². The molecule has 0 radical (unpaired) electrons. The van der Waals surface area contributed by atoms with Crippen LogP contribution in [0.25, 0.3) is 0 Å². The third kappa shape index (κ3) is 6.20. The second-order valence-electron chi connectivity index (χ2n) is 13.9. The van der Waals surface area contributed by atoms with Gasteiger partial charge in [0.05, 0.1) is 43.7 Å². The minimum Gasteiger partial charge on any atom is -0.480 e. The van der Waals surface area contributed by atoms with Crippen molar-refractivity contribution in [1.82, 2.24) is 10.6 Å². The van der Waals surface area contributed by atoms with E-state index in [-0.39, 0.29) is 60.0 Å². The Bertz CT molecular complexity index is 921. The van der Waals surface area contributed by atoms with Crippen molar-refractivity contribution in [1.29, 1.82) is 0 Å². The number of fused-ring (bicyclic) bond motifs is 5. The summed E-state index contributed by atoms with van der Waals surface area (Å²) in [6.45, 7) is 8.62. The zero-order valence-electron chi connectivity index (χ0n) is 25.4. The van der Waals surface area contributed by atoms with Crippen LogP contribution in [0.3, 0.4) is 0 Å². The fourth-order valence-corrected chi connectivity index (χ4v) is 9.69. The van der Waals surface area contributed by atoms with E-state index in [1.807, 2.05) is 7.05 Å². The zero-order valence-corrected chi connectivity index (χ0v) is 25.4. The maximum atomic E-state index is 12.5. The van der Waals surface area contributed by atoms with E-state index in [4.69, 9.17) is 14.6 Å². The lowest BCUT2D eigenvalue weighted by Gasteiger charge is -2.67. The number of amides is 1. The predicted octanol–water partition coefficient (Wildman–Crippen LogP) is 1.94. The third-order valence-corrected chi connectivity index (χ3v) is 12.0. The molecule has 10 nitrogen and oxygen atoms in total. The molecule has 0 aromatic heterocycles. The Morgan fingerprint density at radius 2 is 1.76 bits per heavy atom. The van der Waals surface area contributed by atoms with E-state index in [9.17, 15) is 24.9 Å². The molecule has 11 atom stereocenters. The maximum Gasteiger partial charge on any atom is 0.322 e. The molecule has 0 heterocycles. The minimum atomic E-state index is -1.26. The van der Waals surface area contributed by atoms with Gasteiger partial charge in [0.15, 0.2) is 0 Å². The fraction of sp³-hybridized carbons (Fsp3) is 0.935. The topological polar surface area (TPSA) is 158 Å². The normalized spacial score (nSPS) is 42.6. The second-order valence-corrected chi connectivity index (χ2v) is 13.9. The van der Waals surface area contributed by atoms with Crippen molar-refractivity contribution in [2.75, 3.05) is 40.0 Å². The van der Waals surface area contributed by atoms with Crippen molar-refractivity contribution in [3.63, 3.8) is 0 Å². The number of aliphatic hydroxyl groups is 3. The molecular formula is C31H54N2O8. The number of ether oxygens (including phenoxy) is 2. The Morgan fingerprint density at radius 3 is 2.46 bits per heavy atom. The van der Waals surface area contributed by atoms with Crippen LogP contribution >= 0.6 is 0 Å². The molecule has 41 heavy (non-hydrogen) atoms. The van der Waals surface area contributed by atoms with Crippen LogP contribution in [-0.2, 0) is 19.1 Å². The Hall–Kier alpha value is -1.30. The van der Waals surface area contributed by atoms with E-state index in [0.717, 1.165) is 38.6 Å². The van der Waals surface area contributed by atoms with E-state index in [1.54, 1.807) is 0 Å². The molecule has 0 saturated heterocycles. The molecule has 4 rings (SSSR count). The first-order valence-corrected chi connectivity index (χ1v) is 15.8. The smallest absolute Gasteiger partial charge is 0.322 e. The van der Waals surface area contributed by atoms with E-state index in [2.05, 4.69) is 31.4 Å². The largest absolute Gasteiger partial charge is 0.480 e. The molecule has 236 valence electrons. The number of likely N-dealkylation sites (N-methyl/N-ethyl adjacent to an activating group) is 1. The maximum absolute atomic E-state index is 12.5. The number of aliphatic hydroxyl groups excluding tert-OH is 2.